The summed E-state index contributed by atoms with van der Waals surface area (Å²) in [5, 5.41) is 0. The van der Waals surface area contributed by atoms with Crippen LogP contribution in [0.1, 0.15) is 39.0 Å². The van der Waals surface area contributed by atoms with Crippen LogP contribution in [0.15, 0.2) is 0 Å². The van der Waals surface area contributed by atoms with Gasteiger partial charge in [0, 0.05) is 25.8 Å². The molecule has 1 saturated carbocycles. The Morgan fingerprint density at radius 2 is 1.88 bits per heavy atom. The molecule has 100 valence electrons. The molecule has 2 aliphatic rings. The monoisotopic (exact) mass is 240 g/mol. The Bertz CT molecular complexity index is 228. The molecule has 2 rings (SSSR count). The van der Waals surface area contributed by atoms with Gasteiger partial charge in [-0.05, 0) is 57.0 Å². The third kappa shape index (κ3) is 2.67. The van der Waals surface area contributed by atoms with E-state index in [0.29, 0.717) is 5.54 Å². The smallest absolute Gasteiger partial charge is 0.0491 e. The van der Waals surface area contributed by atoms with E-state index in [2.05, 4.69) is 11.8 Å². The van der Waals surface area contributed by atoms with Crippen LogP contribution in [0.2, 0.25) is 0 Å². The molecule has 3 nitrogen and oxygen atoms in total. The van der Waals surface area contributed by atoms with Gasteiger partial charge in [-0.25, -0.2) is 0 Å². The van der Waals surface area contributed by atoms with E-state index in [4.69, 9.17) is 10.5 Å². The van der Waals surface area contributed by atoms with Crippen molar-refractivity contribution in [1.29, 1.82) is 0 Å². The lowest BCUT2D eigenvalue weighted by Crippen LogP contribution is -2.57. The van der Waals surface area contributed by atoms with Crippen molar-refractivity contribution in [3.8, 4) is 0 Å². The van der Waals surface area contributed by atoms with Crippen LogP contribution in [0.5, 0.6) is 0 Å². The average molecular weight is 240 g/mol. The number of likely N-dealkylation sites (tertiary alicyclic amines) is 1. The number of nitrogens with two attached hydrogens (primary N) is 1. The van der Waals surface area contributed by atoms with Crippen LogP contribution < -0.4 is 5.73 Å². The van der Waals surface area contributed by atoms with Crippen molar-refractivity contribution in [2.24, 2.45) is 17.6 Å². The number of nitrogens with zero attached hydrogens (tertiary/aromatic N) is 1. The van der Waals surface area contributed by atoms with Crippen molar-refractivity contribution in [2.45, 2.75) is 44.6 Å². The Balaban J connectivity index is 1.93. The first-order valence-electron chi connectivity index (χ1n) is 7.21. The molecule has 2 fully saturated rings. The van der Waals surface area contributed by atoms with Gasteiger partial charge in [-0.2, -0.15) is 0 Å². The van der Waals surface area contributed by atoms with Crippen LogP contribution in [-0.2, 0) is 4.74 Å². The second-order valence-corrected chi connectivity index (χ2v) is 5.82. The lowest BCUT2D eigenvalue weighted by Gasteiger charge is -2.47. The molecule has 0 aromatic rings. The van der Waals surface area contributed by atoms with E-state index in [1.54, 1.807) is 0 Å². The number of hydrogen-bond acceptors (Lipinski definition) is 3. The number of hydrogen-bond donors (Lipinski definition) is 1. The fourth-order valence-electron chi connectivity index (χ4n) is 3.61. The second-order valence-electron chi connectivity index (χ2n) is 5.82. The van der Waals surface area contributed by atoms with Gasteiger partial charge < -0.3 is 10.5 Å². The van der Waals surface area contributed by atoms with Gasteiger partial charge in [-0.1, -0.05) is 6.92 Å². The maximum Gasteiger partial charge on any atom is 0.0491 e. The zero-order valence-corrected chi connectivity index (χ0v) is 11.5. The summed E-state index contributed by atoms with van der Waals surface area (Å²) in [5.41, 5.74) is 6.43. The Hall–Kier alpha value is -0.120. The van der Waals surface area contributed by atoms with Crippen LogP contribution >= 0.6 is 0 Å². The maximum atomic E-state index is 6.12. The molecule has 0 spiro atoms. The predicted molar refractivity (Wildman–Crippen MR) is 71.0 cm³/mol. The van der Waals surface area contributed by atoms with E-state index in [0.717, 1.165) is 25.0 Å². The van der Waals surface area contributed by atoms with Crippen molar-refractivity contribution >= 4 is 0 Å². The van der Waals surface area contributed by atoms with Crippen LogP contribution in [-0.4, -0.2) is 43.8 Å². The molecule has 0 radical (unpaired) electrons. The number of piperidine rings is 1. The Morgan fingerprint density at radius 1 is 1.24 bits per heavy atom. The van der Waals surface area contributed by atoms with Crippen LogP contribution in [0.4, 0.5) is 0 Å². The maximum absolute atomic E-state index is 6.12. The van der Waals surface area contributed by atoms with Crippen molar-refractivity contribution in [3.05, 3.63) is 0 Å². The molecular weight excluding hydrogens is 212 g/mol. The first-order valence-corrected chi connectivity index (χ1v) is 7.21. The SMILES string of the molecule is CCC(CN)(C1CC1)N1CCC(COC)CC1. The van der Waals surface area contributed by atoms with E-state index in [1.165, 1.54) is 45.2 Å². The average Bonchev–Trinajstić information content (AvgIpc) is 3.19. The summed E-state index contributed by atoms with van der Waals surface area (Å²) in [5.74, 6) is 1.64. The molecule has 1 aliphatic carbocycles. The van der Waals surface area contributed by atoms with Gasteiger partial charge in [0.15, 0.2) is 0 Å². The van der Waals surface area contributed by atoms with E-state index in [1.807, 2.05) is 7.11 Å². The fraction of sp³-hybridized carbons (Fsp3) is 1.00. The highest BCUT2D eigenvalue weighted by Gasteiger charge is 2.47. The van der Waals surface area contributed by atoms with E-state index in [-0.39, 0.29) is 0 Å². The Labute approximate surface area is 106 Å². The minimum atomic E-state index is 0.318. The molecule has 3 heteroatoms. The second kappa shape index (κ2) is 5.68. The van der Waals surface area contributed by atoms with Gasteiger partial charge in [0.2, 0.25) is 0 Å². The number of rotatable bonds is 6. The number of methoxy groups -OCH3 is 1. The molecule has 1 saturated heterocycles. The van der Waals surface area contributed by atoms with Crippen molar-refractivity contribution in [2.75, 3.05) is 33.4 Å². The van der Waals surface area contributed by atoms with Gasteiger partial charge in [0.1, 0.15) is 0 Å². The third-order valence-corrected chi connectivity index (χ3v) is 4.95. The van der Waals surface area contributed by atoms with Crippen molar-refractivity contribution in [1.82, 2.24) is 4.90 Å². The minimum Gasteiger partial charge on any atom is -0.384 e. The summed E-state index contributed by atoms with van der Waals surface area (Å²) >= 11 is 0. The normalized spacial score (nSPS) is 27.0. The summed E-state index contributed by atoms with van der Waals surface area (Å²) in [6.07, 6.45) is 6.56. The lowest BCUT2D eigenvalue weighted by atomic mass is 9.84. The summed E-state index contributed by atoms with van der Waals surface area (Å²) < 4.78 is 5.27. The highest BCUT2D eigenvalue weighted by molar-refractivity contribution is 5.03. The molecule has 17 heavy (non-hydrogen) atoms. The summed E-state index contributed by atoms with van der Waals surface area (Å²) in [6, 6.07) is 0. The number of ether oxygens (including phenoxy) is 1. The molecule has 1 unspecified atom stereocenters. The zero-order chi connectivity index (χ0) is 12.3. The largest absolute Gasteiger partial charge is 0.384 e. The summed E-state index contributed by atoms with van der Waals surface area (Å²) in [6.45, 7) is 6.51. The molecule has 0 amide bonds. The molecule has 0 bridgehead atoms. The standard InChI is InChI=1S/C14H28N2O/c1-3-14(11-15,13-4-5-13)16-8-6-12(7-9-16)10-17-2/h12-13H,3-11,15H2,1-2H3. The highest BCUT2D eigenvalue weighted by Crippen LogP contribution is 2.45. The molecule has 0 aromatic carbocycles. The first-order chi connectivity index (χ1) is 8.26. The molecule has 1 heterocycles. The Kier molecular flexibility index (Phi) is 4.45. The quantitative estimate of drug-likeness (QED) is 0.770. The van der Waals surface area contributed by atoms with Gasteiger partial charge in [-0.15, -0.1) is 0 Å². The van der Waals surface area contributed by atoms with E-state index >= 15 is 0 Å². The predicted octanol–water partition coefficient (Wildman–Crippen LogP) is 1.86. The van der Waals surface area contributed by atoms with Crippen LogP contribution in [0, 0.1) is 11.8 Å². The molecule has 0 aromatic heterocycles. The van der Waals surface area contributed by atoms with E-state index < -0.39 is 0 Å². The van der Waals surface area contributed by atoms with Gasteiger partial charge >= 0.3 is 0 Å². The van der Waals surface area contributed by atoms with Crippen molar-refractivity contribution < 1.29 is 4.74 Å². The lowest BCUT2D eigenvalue weighted by molar-refractivity contribution is 0.0185. The fourth-order valence-corrected chi connectivity index (χ4v) is 3.61. The molecule has 1 aliphatic heterocycles. The van der Waals surface area contributed by atoms with E-state index in [9.17, 15) is 0 Å². The van der Waals surface area contributed by atoms with Crippen LogP contribution in [0.25, 0.3) is 0 Å². The van der Waals surface area contributed by atoms with Gasteiger partial charge in [0.05, 0.1) is 0 Å². The van der Waals surface area contributed by atoms with Gasteiger partial charge in [0.25, 0.3) is 0 Å². The molecule has 1 atom stereocenters. The molecule has 2 N–H and O–H groups in total. The Morgan fingerprint density at radius 3 is 2.29 bits per heavy atom. The van der Waals surface area contributed by atoms with Crippen molar-refractivity contribution in [3.63, 3.8) is 0 Å². The van der Waals surface area contributed by atoms with Crippen LogP contribution in [0.3, 0.4) is 0 Å². The third-order valence-electron chi connectivity index (χ3n) is 4.95. The summed E-state index contributed by atoms with van der Waals surface area (Å²) in [7, 11) is 1.81. The zero-order valence-electron chi connectivity index (χ0n) is 11.5. The minimum absolute atomic E-state index is 0.318. The van der Waals surface area contributed by atoms with Gasteiger partial charge in [-0.3, -0.25) is 4.90 Å². The molecular formula is C14H28N2O. The summed E-state index contributed by atoms with van der Waals surface area (Å²) in [4.78, 5) is 2.69. The highest BCUT2D eigenvalue weighted by atomic mass is 16.5. The topological polar surface area (TPSA) is 38.5 Å². The first kappa shape index (κ1) is 13.3.